The fraction of sp³-hybridized carbons (Fsp3) is 0.929. The van der Waals surface area contributed by atoms with Crippen molar-refractivity contribution in [2.24, 2.45) is 0 Å². The molecule has 110 valence electrons. The van der Waals surface area contributed by atoms with E-state index >= 15 is 0 Å². The third-order valence-corrected chi connectivity index (χ3v) is 4.05. The van der Waals surface area contributed by atoms with Gasteiger partial charge in [-0.05, 0) is 39.5 Å². The fourth-order valence-corrected chi connectivity index (χ4v) is 2.77. The minimum absolute atomic E-state index is 0.355. The smallest absolute Gasteiger partial charge is 0.324 e. The SMILES string of the molecule is CCOC1CCN(CC(C)(NC2CC2)C(=O)O)CC1. The van der Waals surface area contributed by atoms with Crippen LogP contribution in [0.4, 0.5) is 0 Å². The van der Waals surface area contributed by atoms with Crippen molar-refractivity contribution in [1.82, 2.24) is 10.2 Å². The molecule has 1 saturated carbocycles. The highest BCUT2D eigenvalue weighted by Crippen LogP contribution is 2.24. The minimum Gasteiger partial charge on any atom is -0.480 e. The molecule has 1 aliphatic heterocycles. The van der Waals surface area contributed by atoms with E-state index in [1.54, 1.807) is 0 Å². The standard InChI is InChI=1S/C14H26N2O3/c1-3-19-12-6-8-16(9-7-12)10-14(2,13(17)18)15-11-4-5-11/h11-12,15H,3-10H2,1-2H3,(H,17,18). The highest BCUT2D eigenvalue weighted by molar-refractivity contribution is 5.78. The van der Waals surface area contributed by atoms with Crippen LogP contribution >= 0.6 is 0 Å². The molecule has 1 atom stereocenters. The molecule has 2 N–H and O–H groups in total. The van der Waals surface area contributed by atoms with Gasteiger partial charge in [0.15, 0.2) is 0 Å². The first kappa shape index (κ1) is 14.8. The van der Waals surface area contributed by atoms with Crippen molar-refractivity contribution in [3.8, 4) is 0 Å². The highest BCUT2D eigenvalue weighted by atomic mass is 16.5. The predicted octanol–water partition coefficient (Wildman–Crippen LogP) is 1.08. The molecule has 0 aromatic heterocycles. The molecule has 0 aromatic rings. The second-order valence-corrected chi connectivity index (χ2v) is 5.99. The number of piperidine rings is 1. The Morgan fingerprint density at radius 3 is 2.47 bits per heavy atom. The van der Waals surface area contributed by atoms with E-state index in [0.29, 0.717) is 18.7 Å². The van der Waals surface area contributed by atoms with Crippen molar-refractivity contribution < 1.29 is 14.6 Å². The van der Waals surface area contributed by atoms with Gasteiger partial charge in [-0.1, -0.05) is 0 Å². The van der Waals surface area contributed by atoms with E-state index in [-0.39, 0.29) is 0 Å². The average Bonchev–Trinajstić information content (AvgIpc) is 3.15. The second-order valence-electron chi connectivity index (χ2n) is 5.99. The normalized spacial score (nSPS) is 25.2. The van der Waals surface area contributed by atoms with Crippen LogP contribution in [0.15, 0.2) is 0 Å². The van der Waals surface area contributed by atoms with Crippen LogP contribution in [0.2, 0.25) is 0 Å². The maximum absolute atomic E-state index is 11.5. The Morgan fingerprint density at radius 1 is 1.37 bits per heavy atom. The van der Waals surface area contributed by atoms with Crippen LogP contribution in [0.3, 0.4) is 0 Å². The summed E-state index contributed by atoms with van der Waals surface area (Å²) in [6.45, 7) is 7.04. The molecule has 0 amide bonds. The zero-order valence-corrected chi connectivity index (χ0v) is 12.0. The molecule has 2 aliphatic rings. The number of nitrogens with one attached hydrogen (secondary N) is 1. The monoisotopic (exact) mass is 270 g/mol. The van der Waals surface area contributed by atoms with E-state index in [1.165, 1.54) is 0 Å². The van der Waals surface area contributed by atoms with Crippen molar-refractivity contribution in [2.45, 2.75) is 57.2 Å². The molecule has 1 saturated heterocycles. The zero-order chi connectivity index (χ0) is 13.9. The number of nitrogens with zero attached hydrogens (tertiary/aromatic N) is 1. The van der Waals surface area contributed by atoms with E-state index in [2.05, 4.69) is 10.2 Å². The Bertz CT molecular complexity index is 312. The lowest BCUT2D eigenvalue weighted by atomic mass is 9.99. The van der Waals surface area contributed by atoms with Crippen LogP contribution in [-0.2, 0) is 9.53 Å². The van der Waals surface area contributed by atoms with Crippen molar-refractivity contribution in [1.29, 1.82) is 0 Å². The lowest BCUT2D eigenvalue weighted by Crippen LogP contribution is -2.58. The lowest BCUT2D eigenvalue weighted by Gasteiger charge is -2.37. The van der Waals surface area contributed by atoms with Crippen LogP contribution in [0, 0.1) is 0 Å². The van der Waals surface area contributed by atoms with Crippen molar-refractivity contribution >= 4 is 5.97 Å². The molecular formula is C14H26N2O3. The maximum atomic E-state index is 11.5. The third kappa shape index (κ3) is 4.16. The fourth-order valence-electron chi connectivity index (χ4n) is 2.77. The maximum Gasteiger partial charge on any atom is 0.324 e. The van der Waals surface area contributed by atoms with Gasteiger partial charge >= 0.3 is 5.97 Å². The lowest BCUT2D eigenvalue weighted by molar-refractivity contribution is -0.145. The molecule has 1 aliphatic carbocycles. The highest BCUT2D eigenvalue weighted by Gasteiger charge is 2.40. The first-order chi connectivity index (χ1) is 9.03. The summed E-state index contributed by atoms with van der Waals surface area (Å²) < 4.78 is 5.62. The van der Waals surface area contributed by atoms with Gasteiger partial charge in [-0.2, -0.15) is 0 Å². The van der Waals surface area contributed by atoms with E-state index < -0.39 is 11.5 Å². The Hall–Kier alpha value is -0.650. The van der Waals surface area contributed by atoms with Crippen LogP contribution < -0.4 is 5.32 Å². The number of hydrogen-bond donors (Lipinski definition) is 2. The average molecular weight is 270 g/mol. The van der Waals surface area contributed by atoms with Crippen molar-refractivity contribution in [3.63, 3.8) is 0 Å². The number of aliphatic carboxylic acids is 1. The van der Waals surface area contributed by atoms with Crippen molar-refractivity contribution in [2.75, 3.05) is 26.2 Å². The minimum atomic E-state index is -0.820. The predicted molar refractivity (Wildman–Crippen MR) is 73.3 cm³/mol. The number of ether oxygens (including phenoxy) is 1. The van der Waals surface area contributed by atoms with Gasteiger partial charge in [-0.3, -0.25) is 10.1 Å². The summed E-state index contributed by atoms with van der Waals surface area (Å²) in [5, 5.41) is 12.7. The molecule has 0 bridgehead atoms. The van der Waals surface area contributed by atoms with Gasteiger partial charge < -0.3 is 14.7 Å². The molecular weight excluding hydrogens is 244 g/mol. The summed E-state index contributed by atoms with van der Waals surface area (Å²) in [5.74, 6) is -0.744. The number of carboxylic acids is 1. The summed E-state index contributed by atoms with van der Waals surface area (Å²) in [7, 11) is 0. The Morgan fingerprint density at radius 2 is 2.00 bits per heavy atom. The molecule has 0 aromatic carbocycles. The van der Waals surface area contributed by atoms with Gasteiger partial charge in [0.2, 0.25) is 0 Å². The summed E-state index contributed by atoms with van der Waals surface area (Å²) in [4.78, 5) is 13.8. The number of carboxylic acid groups (broad SMARTS) is 1. The van der Waals surface area contributed by atoms with Gasteiger partial charge in [0.1, 0.15) is 5.54 Å². The van der Waals surface area contributed by atoms with Crippen LogP contribution in [0.1, 0.15) is 39.5 Å². The number of rotatable bonds is 7. The first-order valence-electron chi connectivity index (χ1n) is 7.38. The first-order valence-corrected chi connectivity index (χ1v) is 7.38. The molecule has 2 rings (SSSR count). The Labute approximate surface area is 115 Å². The van der Waals surface area contributed by atoms with Crippen LogP contribution in [0.5, 0.6) is 0 Å². The van der Waals surface area contributed by atoms with Gasteiger partial charge in [-0.25, -0.2) is 0 Å². The van der Waals surface area contributed by atoms with E-state index in [9.17, 15) is 9.90 Å². The molecule has 2 fully saturated rings. The van der Waals surface area contributed by atoms with Gasteiger partial charge in [0, 0.05) is 32.3 Å². The van der Waals surface area contributed by atoms with Crippen LogP contribution in [0.25, 0.3) is 0 Å². The summed E-state index contributed by atoms with van der Waals surface area (Å²) >= 11 is 0. The second kappa shape index (κ2) is 6.20. The zero-order valence-electron chi connectivity index (χ0n) is 12.0. The molecule has 1 unspecified atom stereocenters. The Kier molecular flexibility index (Phi) is 4.81. The summed E-state index contributed by atoms with van der Waals surface area (Å²) in [6.07, 6.45) is 4.58. The third-order valence-electron chi connectivity index (χ3n) is 4.05. The molecule has 5 nitrogen and oxygen atoms in total. The molecule has 0 spiro atoms. The van der Waals surface area contributed by atoms with E-state index in [1.807, 2.05) is 13.8 Å². The topological polar surface area (TPSA) is 61.8 Å². The molecule has 1 heterocycles. The van der Waals surface area contributed by atoms with E-state index in [4.69, 9.17) is 4.74 Å². The number of likely N-dealkylation sites (tertiary alicyclic amines) is 1. The number of carbonyl (C=O) groups is 1. The van der Waals surface area contributed by atoms with Gasteiger partial charge in [0.05, 0.1) is 6.10 Å². The molecule has 0 radical (unpaired) electrons. The quantitative estimate of drug-likeness (QED) is 0.725. The Balaban J connectivity index is 1.83. The van der Waals surface area contributed by atoms with Crippen LogP contribution in [-0.4, -0.2) is 59.9 Å². The largest absolute Gasteiger partial charge is 0.480 e. The van der Waals surface area contributed by atoms with Gasteiger partial charge in [-0.15, -0.1) is 0 Å². The number of hydrogen-bond acceptors (Lipinski definition) is 4. The van der Waals surface area contributed by atoms with Crippen molar-refractivity contribution in [3.05, 3.63) is 0 Å². The van der Waals surface area contributed by atoms with Gasteiger partial charge in [0.25, 0.3) is 0 Å². The molecule has 19 heavy (non-hydrogen) atoms. The van der Waals surface area contributed by atoms with E-state index in [0.717, 1.165) is 45.4 Å². The molecule has 5 heteroatoms. The summed E-state index contributed by atoms with van der Waals surface area (Å²) in [5.41, 5.74) is -0.820. The summed E-state index contributed by atoms with van der Waals surface area (Å²) in [6, 6.07) is 0.405.